The minimum absolute atomic E-state index is 0.155. The average Bonchev–Trinajstić information content (AvgIpc) is 3.05. The van der Waals surface area contributed by atoms with Crippen LogP contribution in [0.1, 0.15) is 168 Å². The van der Waals surface area contributed by atoms with Gasteiger partial charge in [-0.2, -0.15) is 0 Å². The zero-order valence-corrected chi connectivity index (χ0v) is 29.7. The van der Waals surface area contributed by atoms with Gasteiger partial charge in [-0.1, -0.05) is 159 Å². The Morgan fingerprint density at radius 3 is 1.61 bits per heavy atom. The first-order chi connectivity index (χ1) is 22.5. The van der Waals surface area contributed by atoms with Crippen LogP contribution in [0.25, 0.3) is 0 Å². The van der Waals surface area contributed by atoms with Crippen molar-refractivity contribution in [2.24, 2.45) is 0 Å². The van der Waals surface area contributed by atoms with Crippen LogP contribution in [0.15, 0.2) is 48.6 Å². The molecule has 0 fully saturated rings. The highest BCUT2D eigenvalue weighted by Gasteiger charge is 2.12. The van der Waals surface area contributed by atoms with Gasteiger partial charge in [0.1, 0.15) is 19.3 Å². The topological polar surface area (TPSA) is 93.1 Å². The van der Waals surface area contributed by atoms with Crippen LogP contribution in [0.2, 0.25) is 0 Å². The number of unbranched alkanes of at least 4 members (excludes halogenated alkanes) is 17. The quantitative estimate of drug-likeness (QED) is 0.0319. The van der Waals surface area contributed by atoms with Gasteiger partial charge in [-0.3, -0.25) is 9.59 Å². The summed E-state index contributed by atoms with van der Waals surface area (Å²) in [5.74, 6) is -0.690. The lowest BCUT2D eigenvalue weighted by Crippen LogP contribution is -2.25. The van der Waals surface area contributed by atoms with Crippen molar-refractivity contribution in [3.63, 3.8) is 0 Å². The van der Waals surface area contributed by atoms with Crippen molar-refractivity contribution < 1.29 is 29.3 Å². The van der Waals surface area contributed by atoms with E-state index in [1.807, 2.05) is 24.3 Å². The highest BCUT2D eigenvalue weighted by molar-refractivity contribution is 5.69. The number of aliphatic hydroxyl groups excluding tert-OH is 2. The summed E-state index contributed by atoms with van der Waals surface area (Å²) < 4.78 is 10.2. The number of aliphatic hydroxyl groups is 2. The molecule has 0 saturated carbocycles. The Morgan fingerprint density at radius 1 is 0.543 bits per heavy atom. The summed E-state index contributed by atoms with van der Waals surface area (Å²) in [6.07, 6.45) is 40.5. The Labute approximate surface area is 282 Å². The van der Waals surface area contributed by atoms with Gasteiger partial charge in [-0.15, -0.1) is 0 Å². The lowest BCUT2D eigenvalue weighted by Gasteiger charge is -2.12. The van der Waals surface area contributed by atoms with Crippen LogP contribution in [0.5, 0.6) is 0 Å². The maximum absolute atomic E-state index is 11.9. The minimum atomic E-state index is -1.01. The van der Waals surface area contributed by atoms with Gasteiger partial charge < -0.3 is 19.7 Å². The molecular weight excluding hydrogens is 576 g/mol. The molecule has 0 radical (unpaired) electrons. The Kier molecular flexibility index (Phi) is 34.0. The molecule has 46 heavy (non-hydrogen) atoms. The normalized spacial score (nSPS) is 13.4. The Bertz CT molecular complexity index is 800. The molecule has 0 rings (SSSR count). The predicted molar refractivity (Wildman–Crippen MR) is 193 cm³/mol. The number of carbonyl (C=O) groups excluding carboxylic acids is 2. The molecule has 0 aromatic carbocycles. The second-order valence-electron chi connectivity index (χ2n) is 12.5. The number of rotatable bonds is 33. The van der Waals surface area contributed by atoms with Gasteiger partial charge in [0.05, 0.1) is 6.10 Å². The zero-order valence-electron chi connectivity index (χ0n) is 29.7. The van der Waals surface area contributed by atoms with Gasteiger partial charge in [0, 0.05) is 12.8 Å². The molecule has 266 valence electrons. The van der Waals surface area contributed by atoms with Gasteiger partial charge in [0.15, 0.2) is 0 Å². The highest BCUT2D eigenvalue weighted by Crippen LogP contribution is 2.13. The fourth-order valence-corrected chi connectivity index (χ4v) is 4.98. The van der Waals surface area contributed by atoms with Crippen LogP contribution >= 0.6 is 0 Å². The summed E-state index contributed by atoms with van der Waals surface area (Å²) >= 11 is 0. The molecule has 0 heterocycles. The summed E-state index contributed by atoms with van der Waals surface area (Å²) in [6, 6.07) is 0. The van der Waals surface area contributed by atoms with Crippen LogP contribution < -0.4 is 0 Å². The first-order valence-corrected chi connectivity index (χ1v) is 18.8. The predicted octanol–water partition coefficient (Wildman–Crippen LogP) is 10.4. The first kappa shape index (κ1) is 43.8. The Hall–Kier alpha value is -2.18. The van der Waals surface area contributed by atoms with Crippen molar-refractivity contribution in [3.8, 4) is 0 Å². The zero-order chi connectivity index (χ0) is 33.8. The van der Waals surface area contributed by atoms with E-state index in [-0.39, 0.29) is 31.6 Å². The van der Waals surface area contributed by atoms with Gasteiger partial charge in [-0.25, -0.2) is 0 Å². The third kappa shape index (κ3) is 34.7. The molecule has 1 unspecified atom stereocenters. The molecule has 0 amide bonds. The molecule has 0 bridgehead atoms. The van der Waals surface area contributed by atoms with E-state index < -0.39 is 12.2 Å². The Morgan fingerprint density at radius 2 is 1.02 bits per heavy atom. The fourth-order valence-electron chi connectivity index (χ4n) is 4.98. The fraction of sp³-hybridized carbons (Fsp3) is 0.750. The average molecular weight is 647 g/mol. The lowest BCUT2D eigenvalue weighted by molar-refractivity contribution is -0.152. The number of allylic oxidation sites excluding steroid dienone is 6. The van der Waals surface area contributed by atoms with Gasteiger partial charge in [0.2, 0.25) is 0 Å². The molecule has 2 atom stereocenters. The molecule has 0 saturated heterocycles. The smallest absolute Gasteiger partial charge is 0.305 e. The number of ether oxygens (including phenoxy) is 2. The van der Waals surface area contributed by atoms with E-state index in [2.05, 4.69) is 32.1 Å². The number of esters is 2. The van der Waals surface area contributed by atoms with Crippen molar-refractivity contribution >= 4 is 11.9 Å². The molecule has 0 aliphatic rings. The van der Waals surface area contributed by atoms with Crippen molar-refractivity contribution in [1.29, 1.82) is 0 Å². The van der Waals surface area contributed by atoms with Gasteiger partial charge in [-0.05, 0) is 44.9 Å². The SMILES string of the molecule is CCCCC/C=C\C/C=C\CC(O)/C=C\C=C\CCCC(=O)OC[C@H](O)COC(=O)CCCCCCCCCCCCCCCC. The molecule has 0 aliphatic heterocycles. The molecule has 6 nitrogen and oxygen atoms in total. The summed E-state index contributed by atoms with van der Waals surface area (Å²) in [4.78, 5) is 23.9. The van der Waals surface area contributed by atoms with Crippen LogP contribution in [0.4, 0.5) is 0 Å². The van der Waals surface area contributed by atoms with Crippen molar-refractivity contribution in [1.82, 2.24) is 0 Å². The molecule has 0 aromatic rings. The third-order valence-electron chi connectivity index (χ3n) is 7.90. The second kappa shape index (κ2) is 35.7. The van der Waals surface area contributed by atoms with E-state index in [0.717, 1.165) is 32.1 Å². The summed E-state index contributed by atoms with van der Waals surface area (Å²) in [5.41, 5.74) is 0. The minimum Gasteiger partial charge on any atom is -0.463 e. The third-order valence-corrected chi connectivity index (χ3v) is 7.90. The maximum atomic E-state index is 11.9. The Balaban J connectivity index is 3.63. The van der Waals surface area contributed by atoms with Gasteiger partial charge >= 0.3 is 11.9 Å². The van der Waals surface area contributed by atoms with Crippen LogP contribution in [0.3, 0.4) is 0 Å². The summed E-state index contributed by atoms with van der Waals surface area (Å²) in [5, 5.41) is 20.0. The number of carbonyl (C=O) groups is 2. The molecule has 2 N–H and O–H groups in total. The lowest BCUT2D eigenvalue weighted by atomic mass is 10.0. The van der Waals surface area contributed by atoms with E-state index in [0.29, 0.717) is 25.7 Å². The second-order valence-corrected chi connectivity index (χ2v) is 12.5. The standard InChI is InChI=1S/C40H70O6/c1-3-5-7-9-11-13-14-15-16-17-19-21-25-29-33-39(43)45-35-38(42)36-46-40(44)34-30-26-22-24-28-32-37(41)31-27-23-20-18-12-10-8-6-4-2/h12,18,22-24,27-28,32,37-38,41-42H,3-11,13-17,19-21,25-26,29-31,33-36H2,1-2H3/b18-12-,24-22+,27-23-,32-28-/t37?,38-/m1/s1. The van der Waals surface area contributed by atoms with E-state index in [9.17, 15) is 19.8 Å². The number of hydrogen-bond acceptors (Lipinski definition) is 6. The van der Waals surface area contributed by atoms with E-state index in [4.69, 9.17) is 9.47 Å². The molecular formula is C40H70O6. The molecule has 0 aliphatic carbocycles. The monoisotopic (exact) mass is 647 g/mol. The maximum Gasteiger partial charge on any atom is 0.305 e. The summed E-state index contributed by atoms with van der Waals surface area (Å²) in [7, 11) is 0. The van der Waals surface area contributed by atoms with Crippen molar-refractivity contribution in [3.05, 3.63) is 48.6 Å². The summed E-state index contributed by atoms with van der Waals surface area (Å²) in [6.45, 7) is 4.14. The van der Waals surface area contributed by atoms with Crippen LogP contribution in [-0.2, 0) is 19.1 Å². The van der Waals surface area contributed by atoms with Crippen molar-refractivity contribution in [2.75, 3.05) is 13.2 Å². The first-order valence-electron chi connectivity index (χ1n) is 18.8. The largest absolute Gasteiger partial charge is 0.463 e. The molecule has 0 spiro atoms. The van der Waals surface area contributed by atoms with Gasteiger partial charge in [0.25, 0.3) is 0 Å². The molecule has 0 aromatic heterocycles. The van der Waals surface area contributed by atoms with Crippen LogP contribution in [0, 0.1) is 0 Å². The molecule has 6 heteroatoms. The number of hydrogen-bond donors (Lipinski definition) is 2. The van der Waals surface area contributed by atoms with E-state index >= 15 is 0 Å². The van der Waals surface area contributed by atoms with Crippen molar-refractivity contribution in [2.45, 2.75) is 180 Å². The van der Waals surface area contributed by atoms with E-state index in [1.165, 1.54) is 89.9 Å². The highest BCUT2D eigenvalue weighted by atomic mass is 16.6. The van der Waals surface area contributed by atoms with Crippen LogP contribution in [-0.4, -0.2) is 47.6 Å². The van der Waals surface area contributed by atoms with E-state index in [1.54, 1.807) is 6.08 Å².